The molecule has 0 bridgehead atoms. The van der Waals surface area contributed by atoms with E-state index in [0.29, 0.717) is 5.41 Å². The first-order valence-electron chi connectivity index (χ1n) is 4.69. The SMILES string of the molecule is O=C(O)c1cc2c(cn1)C1(CC1)CN2. The number of anilines is 1. The van der Waals surface area contributed by atoms with Gasteiger partial charge in [0, 0.05) is 29.4 Å². The molecular weight excluding hydrogens is 180 g/mol. The van der Waals surface area contributed by atoms with Gasteiger partial charge >= 0.3 is 5.97 Å². The van der Waals surface area contributed by atoms with Gasteiger partial charge in [-0.25, -0.2) is 9.78 Å². The number of fused-ring (bicyclic) bond motifs is 2. The number of hydrogen-bond donors (Lipinski definition) is 2. The molecule has 0 atom stereocenters. The summed E-state index contributed by atoms with van der Waals surface area (Å²) >= 11 is 0. The Labute approximate surface area is 81.0 Å². The van der Waals surface area contributed by atoms with Gasteiger partial charge in [-0.1, -0.05) is 0 Å². The molecule has 1 aliphatic carbocycles. The van der Waals surface area contributed by atoms with Crippen molar-refractivity contribution >= 4 is 11.7 Å². The van der Waals surface area contributed by atoms with E-state index in [2.05, 4.69) is 10.3 Å². The van der Waals surface area contributed by atoms with E-state index in [9.17, 15) is 4.79 Å². The largest absolute Gasteiger partial charge is 0.477 e. The Bertz CT molecular complexity index is 424. The number of rotatable bonds is 1. The topological polar surface area (TPSA) is 62.2 Å². The number of carbonyl (C=O) groups is 1. The van der Waals surface area contributed by atoms with E-state index < -0.39 is 5.97 Å². The lowest BCUT2D eigenvalue weighted by molar-refractivity contribution is 0.0690. The number of carboxylic acid groups (broad SMARTS) is 1. The van der Waals surface area contributed by atoms with Crippen LogP contribution in [0.25, 0.3) is 0 Å². The minimum atomic E-state index is -0.966. The van der Waals surface area contributed by atoms with Crippen molar-refractivity contribution in [2.45, 2.75) is 18.3 Å². The number of pyridine rings is 1. The molecule has 3 rings (SSSR count). The molecule has 1 aromatic rings. The normalized spacial score (nSPS) is 20.3. The van der Waals surface area contributed by atoms with Crippen molar-refractivity contribution in [3.8, 4) is 0 Å². The van der Waals surface area contributed by atoms with Crippen molar-refractivity contribution < 1.29 is 9.90 Å². The van der Waals surface area contributed by atoms with Gasteiger partial charge in [-0.3, -0.25) is 0 Å². The smallest absolute Gasteiger partial charge is 0.354 e. The van der Waals surface area contributed by atoms with Crippen molar-refractivity contribution in [2.75, 3.05) is 11.9 Å². The summed E-state index contributed by atoms with van der Waals surface area (Å²) in [6.07, 6.45) is 4.11. The van der Waals surface area contributed by atoms with Crippen LogP contribution in [0.5, 0.6) is 0 Å². The van der Waals surface area contributed by atoms with Gasteiger partial charge in [0.15, 0.2) is 0 Å². The van der Waals surface area contributed by atoms with Gasteiger partial charge in [0.25, 0.3) is 0 Å². The van der Waals surface area contributed by atoms with Crippen LogP contribution in [0.3, 0.4) is 0 Å². The van der Waals surface area contributed by atoms with Crippen LogP contribution in [0, 0.1) is 0 Å². The molecule has 4 nitrogen and oxygen atoms in total. The van der Waals surface area contributed by atoms with Crippen LogP contribution in [-0.2, 0) is 5.41 Å². The summed E-state index contributed by atoms with van der Waals surface area (Å²) in [5.41, 5.74) is 2.56. The highest BCUT2D eigenvalue weighted by molar-refractivity contribution is 5.87. The number of aromatic nitrogens is 1. The molecule has 1 spiro atoms. The zero-order valence-corrected chi connectivity index (χ0v) is 7.58. The third-order valence-corrected chi connectivity index (χ3v) is 3.17. The molecule has 0 radical (unpaired) electrons. The Kier molecular flexibility index (Phi) is 1.26. The van der Waals surface area contributed by atoms with Gasteiger partial charge in [-0.15, -0.1) is 0 Å². The Morgan fingerprint density at radius 2 is 2.36 bits per heavy atom. The number of nitrogens with zero attached hydrogens (tertiary/aromatic N) is 1. The Morgan fingerprint density at radius 3 is 3.00 bits per heavy atom. The van der Waals surface area contributed by atoms with E-state index >= 15 is 0 Å². The maximum Gasteiger partial charge on any atom is 0.354 e. The lowest BCUT2D eigenvalue weighted by Crippen LogP contribution is -2.08. The van der Waals surface area contributed by atoms with Gasteiger partial charge in [-0.05, 0) is 18.9 Å². The predicted octanol–water partition coefficient (Wildman–Crippen LogP) is 1.24. The maximum absolute atomic E-state index is 10.7. The molecule has 2 aliphatic rings. The minimum absolute atomic E-state index is 0.119. The second-order valence-corrected chi connectivity index (χ2v) is 4.05. The van der Waals surface area contributed by atoms with Gasteiger partial charge in [-0.2, -0.15) is 0 Å². The van der Waals surface area contributed by atoms with Crippen molar-refractivity contribution in [3.05, 3.63) is 23.5 Å². The predicted molar refractivity (Wildman–Crippen MR) is 50.6 cm³/mol. The molecule has 1 aliphatic heterocycles. The molecule has 0 aromatic carbocycles. The molecule has 14 heavy (non-hydrogen) atoms. The maximum atomic E-state index is 10.7. The van der Waals surface area contributed by atoms with Crippen LogP contribution >= 0.6 is 0 Å². The summed E-state index contributed by atoms with van der Waals surface area (Å²) in [5.74, 6) is -0.966. The molecule has 1 aromatic heterocycles. The zero-order valence-electron chi connectivity index (χ0n) is 7.58. The summed E-state index contributed by atoms with van der Waals surface area (Å²) in [6, 6.07) is 1.63. The Balaban J connectivity index is 2.09. The minimum Gasteiger partial charge on any atom is -0.477 e. The first-order valence-corrected chi connectivity index (χ1v) is 4.69. The van der Waals surface area contributed by atoms with E-state index in [4.69, 9.17) is 5.11 Å². The van der Waals surface area contributed by atoms with Crippen molar-refractivity contribution in [1.29, 1.82) is 0 Å². The number of aromatic carboxylic acids is 1. The van der Waals surface area contributed by atoms with E-state index in [-0.39, 0.29) is 5.69 Å². The molecule has 4 heteroatoms. The molecule has 72 valence electrons. The number of nitrogens with one attached hydrogen (secondary N) is 1. The third kappa shape index (κ3) is 0.880. The van der Waals surface area contributed by atoms with Gasteiger partial charge in [0.1, 0.15) is 5.69 Å². The van der Waals surface area contributed by atoms with Crippen LogP contribution in [-0.4, -0.2) is 22.6 Å². The molecule has 1 saturated carbocycles. The molecule has 2 N–H and O–H groups in total. The third-order valence-electron chi connectivity index (χ3n) is 3.17. The number of carboxylic acids is 1. The van der Waals surface area contributed by atoms with Crippen LogP contribution in [0.4, 0.5) is 5.69 Å². The van der Waals surface area contributed by atoms with Crippen molar-refractivity contribution in [2.24, 2.45) is 0 Å². The lowest BCUT2D eigenvalue weighted by atomic mass is 10.0. The lowest BCUT2D eigenvalue weighted by Gasteiger charge is -2.04. The standard InChI is InChI=1S/C10H10N2O2/c13-9(14)8-3-7-6(4-11-8)10(1-2-10)5-12-7/h3-4,12H,1-2,5H2,(H,13,14). The van der Waals surface area contributed by atoms with E-state index in [1.165, 1.54) is 18.4 Å². The van der Waals surface area contributed by atoms with Gasteiger partial charge in [0.2, 0.25) is 0 Å². The molecule has 0 amide bonds. The second kappa shape index (κ2) is 2.26. The first-order chi connectivity index (χ1) is 6.71. The summed E-state index contributed by atoms with van der Waals surface area (Å²) in [6.45, 7) is 0.938. The summed E-state index contributed by atoms with van der Waals surface area (Å²) < 4.78 is 0. The zero-order chi connectivity index (χ0) is 9.76. The summed E-state index contributed by atoms with van der Waals surface area (Å²) in [5, 5.41) is 12.0. The van der Waals surface area contributed by atoms with E-state index in [0.717, 1.165) is 12.2 Å². The molecule has 2 heterocycles. The van der Waals surface area contributed by atoms with Gasteiger partial charge in [0.05, 0.1) is 0 Å². The Morgan fingerprint density at radius 1 is 1.57 bits per heavy atom. The average molecular weight is 190 g/mol. The number of hydrogen-bond acceptors (Lipinski definition) is 3. The van der Waals surface area contributed by atoms with Crippen LogP contribution in [0.2, 0.25) is 0 Å². The highest BCUT2D eigenvalue weighted by Gasteiger charge is 2.49. The monoisotopic (exact) mass is 190 g/mol. The molecule has 1 fully saturated rings. The van der Waals surface area contributed by atoms with Crippen LogP contribution in [0.15, 0.2) is 12.3 Å². The van der Waals surface area contributed by atoms with Crippen molar-refractivity contribution in [3.63, 3.8) is 0 Å². The molecule has 0 unspecified atom stereocenters. The molecule has 0 saturated heterocycles. The fraction of sp³-hybridized carbons (Fsp3) is 0.400. The molecular formula is C10H10N2O2. The highest BCUT2D eigenvalue weighted by atomic mass is 16.4. The second-order valence-electron chi connectivity index (χ2n) is 4.05. The first kappa shape index (κ1) is 7.79. The quantitative estimate of drug-likeness (QED) is 0.699. The summed E-state index contributed by atoms with van der Waals surface area (Å²) in [4.78, 5) is 14.6. The fourth-order valence-electron chi connectivity index (χ4n) is 2.10. The fourth-order valence-corrected chi connectivity index (χ4v) is 2.10. The van der Waals surface area contributed by atoms with Gasteiger partial charge < -0.3 is 10.4 Å². The van der Waals surface area contributed by atoms with Crippen molar-refractivity contribution in [1.82, 2.24) is 4.98 Å². The van der Waals surface area contributed by atoms with E-state index in [1.807, 2.05) is 0 Å². The van der Waals surface area contributed by atoms with Crippen LogP contribution < -0.4 is 5.32 Å². The Hall–Kier alpha value is -1.58. The van der Waals surface area contributed by atoms with E-state index in [1.54, 1.807) is 12.3 Å². The highest BCUT2D eigenvalue weighted by Crippen LogP contribution is 2.53. The summed E-state index contributed by atoms with van der Waals surface area (Å²) in [7, 11) is 0. The van der Waals surface area contributed by atoms with Crippen LogP contribution in [0.1, 0.15) is 28.9 Å². The average Bonchev–Trinajstić information content (AvgIpc) is 2.85.